The first-order valence-electron chi connectivity index (χ1n) is 6.68. The van der Waals surface area contributed by atoms with E-state index in [4.69, 9.17) is 16.3 Å². The molecule has 110 valence electrons. The molecule has 0 atom stereocenters. The molecule has 0 aliphatic carbocycles. The van der Waals surface area contributed by atoms with Crippen LogP contribution in [0.1, 0.15) is 15.9 Å². The van der Waals surface area contributed by atoms with Gasteiger partial charge in [0.15, 0.2) is 5.78 Å². The molecule has 0 aliphatic rings. The van der Waals surface area contributed by atoms with Gasteiger partial charge in [-0.25, -0.2) is 0 Å². The summed E-state index contributed by atoms with van der Waals surface area (Å²) in [6.07, 6.45) is 0. The highest BCUT2D eigenvalue weighted by molar-refractivity contribution is 6.31. The predicted molar refractivity (Wildman–Crippen MR) is 85.1 cm³/mol. The molecule has 0 aliphatic heterocycles. The third-order valence-electron chi connectivity index (χ3n) is 3.15. The summed E-state index contributed by atoms with van der Waals surface area (Å²) in [5.74, 6) is 0.880. The highest BCUT2D eigenvalue weighted by Gasteiger charge is 2.10. The summed E-state index contributed by atoms with van der Waals surface area (Å²) in [6.45, 7) is 1.03. The molecule has 0 aromatic heterocycles. The zero-order chi connectivity index (χ0) is 15.2. The number of carbonyl (C=O) groups excluding carboxylic acids is 1. The van der Waals surface area contributed by atoms with Gasteiger partial charge in [0.25, 0.3) is 0 Å². The average Bonchev–Trinajstić information content (AvgIpc) is 2.47. The summed E-state index contributed by atoms with van der Waals surface area (Å²) in [5, 5.41) is 0.580. The molecule has 2 rings (SSSR count). The molecule has 0 spiro atoms. The van der Waals surface area contributed by atoms with Crippen LogP contribution in [0.3, 0.4) is 0 Å². The Morgan fingerprint density at radius 3 is 2.67 bits per heavy atom. The van der Waals surface area contributed by atoms with Crippen LogP contribution in [-0.4, -0.2) is 31.4 Å². The van der Waals surface area contributed by atoms with Crippen LogP contribution in [0.25, 0.3) is 0 Å². The molecule has 0 fully saturated rings. The molecule has 4 heteroatoms. The quantitative estimate of drug-likeness (QED) is 0.763. The minimum atomic E-state index is 0.0582. The van der Waals surface area contributed by atoms with E-state index in [1.165, 1.54) is 0 Å². The molecule has 0 amide bonds. The zero-order valence-corrected chi connectivity index (χ0v) is 12.9. The van der Waals surface area contributed by atoms with Gasteiger partial charge >= 0.3 is 0 Å². The fourth-order valence-electron chi connectivity index (χ4n) is 2.14. The van der Waals surface area contributed by atoms with Crippen molar-refractivity contribution in [3.8, 4) is 5.75 Å². The molecule has 2 aromatic rings. The van der Waals surface area contributed by atoms with E-state index in [9.17, 15) is 4.79 Å². The molecular formula is C17H18ClNO2. The standard InChI is InChI=1S/C17H18ClNO2/c1-19(11-13-5-3-8-16(9-13)21-2)12-17(20)14-6-4-7-15(18)10-14/h3-10H,11-12H2,1-2H3. The van der Waals surface area contributed by atoms with Crippen LogP contribution in [0.2, 0.25) is 5.02 Å². The van der Waals surface area contributed by atoms with Crippen LogP contribution in [0.4, 0.5) is 0 Å². The van der Waals surface area contributed by atoms with Gasteiger partial charge in [-0.1, -0.05) is 35.9 Å². The van der Waals surface area contributed by atoms with Gasteiger partial charge in [0.05, 0.1) is 13.7 Å². The molecular weight excluding hydrogens is 286 g/mol. The number of rotatable bonds is 6. The molecule has 0 N–H and O–H groups in total. The maximum atomic E-state index is 12.2. The van der Waals surface area contributed by atoms with Gasteiger partial charge in [-0.3, -0.25) is 9.69 Å². The molecule has 0 radical (unpaired) electrons. The monoisotopic (exact) mass is 303 g/mol. The van der Waals surface area contributed by atoms with E-state index < -0.39 is 0 Å². The van der Waals surface area contributed by atoms with E-state index in [1.807, 2.05) is 36.2 Å². The molecule has 21 heavy (non-hydrogen) atoms. The van der Waals surface area contributed by atoms with Crippen LogP contribution in [0.15, 0.2) is 48.5 Å². The van der Waals surface area contributed by atoms with Crippen LogP contribution in [0.5, 0.6) is 5.75 Å². The van der Waals surface area contributed by atoms with E-state index in [1.54, 1.807) is 31.4 Å². The van der Waals surface area contributed by atoms with Crippen molar-refractivity contribution in [2.75, 3.05) is 20.7 Å². The molecule has 0 saturated carbocycles. The highest BCUT2D eigenvalue weighted by Crippen LogP contribution is 2.15. The smallest absolute Gasteiger partial charge is 0.176 e. The fourth-order valence-corrected chi connectivity index (χ4v) is 2.33. The van der Waals surface area contributed by atoms with Gasteiger partial charge < -0.3 is 4.74 Å². The predicted octanol–water partition coefficient (Wildman–Crippen LogP) is 3.66. The second-order valence-corrected chi connectivity index (χ2v) is 5.39. The van der Waals surface area contributed by atoms with Crippen molar-refractivity contribution in [1.29, 1.82) is 0 Å². The largest absolute Gasteiger partial charge is 0.497 e. The number of ketones is 1. The Kier molecular flexibility index (Phi) is 5.37. The molecule has 2 aromatic carbocycles. The van der Waals surface area contributed by atoms with E-state index in [0.29, 0.717) is 23.7 Å². The minimum absolute atomic E-state index is 0.0582. The Labute approximate surface area is 130 Å². The highest BCUT2D eigenvalue weighted by atomic mass is 35.5. The molecule has 3 nitrogen and oxygen atoms in total. The Morgan fingerprint density at radius 2 is 1.95 bits per heavy atom. The second-order valence-electron chi connectivity index (χ2n) is 4.96. The Hall–Kier alpha value is -1.84. The first-order valence-corrected chi connectivity index (χ1v) is 7.06. The lowest BCUT2D eigenvalue weighted by atomic mass is 10.1. The van der Waals surface area contributed by atoms with E-state index in [0.717, 1.165) is 11.3 Å². The van der Waals surface area contributed by atoms with Crippen molar-refractivity contribution >= 4 is 17.4 Å². The summed E-state index contributed by atoms with van der Waals surface area (Å²) >= 11 is 5.91. The number of carbonyl (C=O) groups is 1. The SMILES string of the molecule is COc1cccc(CN(C)CC(=O)c2cccc(Cl)c2)c1. The van der Waals surface area contributed by atoms with Gasteiger partial charge in [0.2, 0.25) is 0 Å². The van der Waals surface area contributed by atoms with Crippen molar-refractivity contribution in [3.05, 3.63) is 64.7 Å². The van der Waals surface area contributed by atoms with Gasteiger partial charge in [-0.2, -0.15) is 0 Å². The van der Waals surface area contributed by atoms with Crippen LogP contribution in [-0.2, 0) is 6.54 Å². The maximum absolute atomic E-state index is 12.2. The van der Waals surface area contributed by atoms with Crippen molar-refractivity contribution in [1.82, 2.24) is 4.90 Å². The van der Waals surface area contributed by atoms with Gasteiger partial charge in [-0.15, -0.1) is 0 Å². The summed E-state index contributed by atoms with van der Waals surface area (Å²) in [6, 6.07) is 14.9. The van der Waals surface area contributed by atoms with Gasteiger partial charge in [0, 0.05) is 17.1 Å². The van der Waals surface area contributed by atoms with Crippen molar-refractivity contribution in [3.63, 3.8) is 0 Å². The van der Waals surface area contributed by atoms with Crippen LogP contribution < -0.4 is 4.74 Å². The van der Waals surface area contributed by atoms with Gasteiger partial charge in [-0.05, 0) is 36.9 Å². The van der Waals surface area contributed by atoms with E-state index in [2.05, 4.69) is 0 Å². The summed E-state index contributed by atoms with van der Waals surface area (Å²) in [4.78, 5) is 14.2. The minimum Gasteiger partial charge on any atom is -0.497 e. The Balaban J connectivity index is 1.97. The molecule has 0 unspecified atom stereocenters. The number of benzene rings is 2. The molecule has 0 heterocycles. The molecule has 0 bridgehead atoms. The topological polar surface area (TPSA) is 29.5 Å². The van der Waals surface area contributed by atoms with E-state index >= 15 is 0 Å². The van der Waals surface area contributed by atoms with Crippen molar-refractivity contribution in [2.45, 2.75) is 6.54 Å². The van der Waals surface area contributed by atoms with Crippen molar-refractivity contribution < 1.29 is 9.53 Å². The lowest BCUT2D eigenvalue weighted by Crippen LogP contribution is -2.25. The fraction of sp³-hybridized carbons (Fsp3) is 0.235. The number of hydrogen-bond acceptors (Lipinski definition) is 3. The van der Waals surface area contributed by atoms with Crippen molar-refractivity contribution in [2.24, 2.45) is 0 Å². The normalized spacial score (nSPS) is 10.7. The third-order valence-corrected chi connectivity index (χ3v) is 3.38. The number of Topliss-reactive ketones (excluding diaryl/α,β-unsaturated/α-hetero) is 1. The summed E-state index contributed by atoms with van der Waals surface area (Å²) in [7, 11) is 3.56. The number of methoxy groups -OCH3 is 1. The number of ether oxygens (including phenoxy) is 1. The van der Waals surface area contributed by atoms with Crippen LogP contribution in [0, 0.1) is 0 Å². The van der Waals surface area contributed by atoms with Crippen LogP contribution >= 0.6 is 11.6 Å². The first-order chi connectivity index (χ1) is 10.1. The lowest BCUT2D eigenvalue weighted by molar-refractivity contribution is 0.0943. The Bertz CT molecular complexity index is 628. The van der Waals surface area contributed by atoms with E-state index in [-0.39, 0.29) is 5.78 Å². The first kappa shape index (κ1) is 15.5. The number of likely N-dealkylation sites (N-methyl/N-ethyl adjacent to an activating group) is 1. The maximum Gasteiger partial charge on any atom is 0.176 e. The third kappa shape index (κ3) is 4.59. The number of halogens is 1. The summed E-state index contributed by atoms with van der Waals surface area (Å²) in [5.41, 5.74) is 1.75. The van der Waals surface area contributed by atoms with Gasteiger partial charge in [0.1, 0.15) is 5.75 Å². The number of hydrogen-bond donors (Lipinski definition) is 0. The molecule has 0 saturated heterocycles. The zero-order valence-electron chi connectivity index (χ0n) is 12.2. The number of nitrogens with zero attached hydrogens (tertiary/aromatic N) is 1. The summed E-state index contributed by atoms with van der Waals surface area (Å²) < 4.78 is 5.20. The Morgan fingerprint density at radius 1 is 1.19 bits per heavy atom. The second kappa shape index (κ2) is 7.25. The lowest BCUT2D eigenvalue weighted by Gasteiger charge is -2.16. The average molecular weight is 304 g/mol.